The van der Waals surface area contributed by atoms with Crippen molar-refractivity contribution in [2.75, 3.05) is 6.54 Å². The van der Waals surface area contributed by atoms with E-state index in [2.05, 4.69) is 48.7 Å². The van der Waals surface area contributed by atoms with Crippen molar-refractivity contribution in [3.8, 4) is 0 Å². The van der Waals surface area contributed by atoms with Gasteiger partial charge in [0.25, 0.3) is 5.91 Å². The summed E-state index contributed by atoms with van der Waals surface area (Å²) in [5, 5.41) is 3.13. The molecule has 0 radical (unpaired) electrons. The Balaban J connectivity index is 1.55. The van der Waals surface area contributed by atoms with Gasteiger partial charge < -0.3 is 10.2 Å². The van der Waals surface area contributed by atoms with E-state index >= 15 is 0 Å². The van der Waals surface area contributed by atoms with Crippen LogP contribution in [0.3, 0.4) is 0 Å². The van der Waals surface area contributed by atoms with Crippen LogP contribution >= 0.6 is 0 Å². The van der Waals surface area contributed by atoms with Gasteiger partial charge >= 0.3 is 0 Å². The van der Waals surface area contributed by atoms with Gasteiger partial charge in [-0.25, -0.2) is 0 Å². The third-order valence-electron chi connectivity index (χ3n) is 7.28. The van der Waals surface area contributed by atoms with Gasteiger partial charge in [0, 0.05) is 18.5 Å². The molecule has 2 bridgehead atoms. The van der Waals surface area contributed by atoms with E-state index in [0.29, 0.717) is 18.9 Å². The summed E-state index contributed by atoms with van der Waals surface area (Å²) in [4.78, 5) is 29.7. The van der Waals surface area contributed by atoms with Crippen molar-refractivity contribution >= 4 is 11.8 Å². The molecule has 2 aromatic carbocycles. The standard InChI is InChI=1S/C30H32N2O2/c1-2-3-10-19-31-28(33)27(24-13-8-5-9-14-24)32-29(34)25(20-22-11-6-4-7-12-22)26-21-23-15-17-30(26,32)18-16-23/h4-9,11-18,23,27H,2-3,10,19-21H2,1H3,(H,31,33). The van der Waals surface area contributed by atoms with Crippen LogP contribution in [0.4, 0.5) is 0 Å². The molecule has 1 unspecified atom stereocenters. The van der Waals surface area contributed by atoms with Crippen LogP contribution in [0.5, 0.6) is 0 Å². The molecule has 6 rings (SSSR count). The van der Waals surface area contributed by atoms with Gasteiger partial charge in [-0.2, -0.15) is 0 Å². The zero-order chi connectivity index (χ0) is 23.5. The third kappa shape index (κ3) is 3.91. The summed E-state index contributed by atoms with van der Waals surface area (Å²) in [6.07, 6.45) is 13.2. The van der Waals surface area contributed by atoms with E-state index in [-0.39, 0.29) is 11.8 Å². The highest BCUT2D eigenvalue weighted by Gasteiger charge is 2.55. The van der Waals surface area contributed by atoms with E-state index < -0.39 is 11.6 Å². The molecule has 2 amide bonds. The number of hydrogen-bond donors (Lipinski definition) is 1. The van der Waals surface area contributed by atoms with E-state index in [1.807, 2.05) is 53.4 Å². The molecule has 0 saturated heterocycles. The third-order valence-corrected chi connectivity index (χ3v) is 7.28. The molecule has 0 saturated carbocycles. The first-order chi connectivity index (χ1) is 16.6. The summed E-state index contributed by atoms with van der Waals surface area (Å²) < 4.78 is 0. The van der Waals surface area contributed by atoms with E-state index in [1.165, 1.54) is 0 Å². The van der Waals surface area contributed by atoms with Gasteiger partial charge in [-0.15, -0.1) is 0 Å². The van der Waals surface area contributed by atoms with Gasteiger partial charge in [0.2, 0.25) is 5.91 Å². The lowest BCUT2D eigenvalue weighted by molar-refractivity contribution is -0.139. The monoisotopic (exact) mass is 452 g/mol. The van der Waals surface area contributed by atoms with Crippen LogP contribution in [0.15, 0.2) is 96.1 Å². The van der Waals surface area contributed by atoms with Gasteiger partial charge in [0.15, 0.2) is 0 Å². The minimum absolute atomic E-state index is 0.0340. The van der Waals surface area contributed by atoms with E-state index in [0.717, 1.165) is 48.0 Å². The Morgan fingerprint density at radius 2 is 1.71 bits per heavy atom. The van der Waals surface area contributed by atoms with Crippen molar-refractivity contribution in [2.45, 2.75) is 50.6 Å². The molecule has 4 nitrogen and oxygen atoms in total. The largest absolute Gasteiger partial charge is 0.354 e. The minimum Gasteiger partial charge on any atom is -0.354 e. The smallest absolute Gasteiger partial charge is 0.252 e. The molecule has 1 aliphatic heterocycles. The maximum absolute atomic E-state index is 14.2. The summed E-state index contributed by atoms with van der Waals surface area (Å²) in [6, 6.07) is 19.2. The Morgan fingerprint density at radius 3 is 2.38 bits per heavy atom. The van der Waals surface area contributed by atoms with E-state index in [4.69, 9.17) is 0 Å². The Kier molecular flexibility index (Phi) is 6.23. The topological polar surface area (TPSA) is 49.4 Å². The highest BCUT2D eigenvalue weighted by atomic mass is 16.2. The molecule has 0 aromatic heterocycles. The predicted octanol–water partition coefficient (Wildman–Crippen LogP) is 5.30. The average molecular weight is 453 g/mol. The summed E-state index contributed by atoms with van der Waals surface area (Å²) >= 11 is 0. The number of unbranched alkanes of at least 4 members (excludes halogenated alkanes) is 2. The lowest BCUT2D eigenvalue weighted by atomic mass is 9.71. The zero-order valence-electron chi connectivity index (χ0n) is 19.7. The molecule has 4 aliphatic rings. The maximum atomic E-state index is 14.2. The molecule has 3 aliphatic carbocycles. The lowest BCUT2D eigenvalue weighted by Crippen LogP contribution is -2.54. The first-order valence-corrected chi connectivity index (χ1v) is 12.5. The number of hydrogen-bond acceptors (Lipinski definition) is 2. The molecule has 34 heavy (non-hydrogen) atoms. The number of benzene rings is 2. The van der Waals surface area contributed by atoms with Gasteiger partial charge in [0.05, 0.1) is 0 Å². The number of amides is 2. The highest BCUT2D eigenvalue weighted by Crippen LogP contribution is 2.52. The number of carbonyl (C=O) groups is 2. The second kappa shape index (κ2) is 9.46. The Labute approximate surface area is 202 Å². The maximum Gasteiger partial charge on any atom is 0.252 e. The summed E-state index contributed by atoms with van der Waals surface area (Å²) in [6.45, 7) is 2.77. The summed E-state index contributed by atoms with van der Waals surface area (Å²) in [7, 11) is 0. The Bertz CT molecular complexity index is 1130. The average Bonchev–Trinajstić information content (AvgIpc) is 3.11. The number of rotatable bonds is 9. The van der Waals surface area contributed by atoms with Crippen molar-refractivity contribution in [3.63, 3.8) is 0 Å². The van der Waals surface area contributed by atoms with E-state index in [1.54, 1.807) is 0 Å². The van der Waals surface area contributed by atoms with Crippen LogP contribution in [-0.4, -0.2) is 28.8 Å². The zero-order valence-corrected chi connectivity index (χ0v) is 19.7. The van der Waals surface area contributed by atoms with Crippen molar-refractivity contribution in [3.05, 3.63) is 107 Å². The van der Waals surface area contributed by atoms with Crippen LogP contribution in [0.1, 0.15) is 49.8 Å². The first kappa shape index (κ1) is 22.4. The van der Waals surface area contributed by atoms with Gasteiger partial charge in [-0.05, 0) is 35.5 Å². The molecular weight excluding hydrogens is 420 g/mol. The quantitative estimate of drug-likeness (QED) is 0.415. The Morgan fingerprint density at radius 1 is 1.03 bits per heavy atom. The van der Waals surface area contributed by atoms with Crippen LogP contribution in [0.25, 0.3) is 0 Å². The fraction of sp³-hybridized carbons (Fsp3) is 0.333. The number of allylic oxidation sites excluding steroid dienone is 2. The molecular formula is C30H32N2O2. The van der Waals surface area contributed by atoms with E-state index in [9.17, 15) is 9.59 Å². The number of nitrogens with one attached hydrogen (secondary N) is 1. The minimum atomic E-state index is -0.692. The fourth-order valence-electron chi connectivity index (χ4n) is 5.56. The molecule has 1 N–H and O–H groups in total. The van der Waals surface area contributed by atoms with Gasteiger partial charge in [-0.1, -0.05) is 105 Å². The van der Waals surface area contributed by atoms with Crippen molar-refractivity contribution in [1.82, 2.24) is 10.2 Å². The van der Waals surface area contributed by atoms with Crippen molar-refractivity contribution in [2.24, 2.45) is 5.92 Å². The van der Waals surface area contributed by atoms with Crippen LogP contribution in [0, 0.1) is 5.92 Å². The molecule has 1 heterocycles. The molecule has 1 spiro atoms. The van der Waals surface area contributed by atoms with Crippen LogP contribution < -0.4 is 5.32 Å². The first-order valence-electron chi connectivity index (χ1n) is 12.5. The molecule has 174 valence electrons. The normalized spacial score (nSPS) is 23.4. The summed E-state index contributed by atoms with van der Waals surface area (Å²) in [5.41, 5.74) is 3.27. The Hall–Kier alpha value is -3.40. The lowest BCUT2D eigenvalue weighted by Gasteiger charge is -2.45. The SMILES string of the molecule is CCCCCNC(=O)C(c1ccccc1)N1C(=O)C(Cc2ccccc2)=C2CC3C=CC21C=C3. The van der Waals surface area contributed by atoms with Crippen molar-refractivity contribution < 1.29 is 9.59 Å². The fourth-order valence-corrected chi connectivity index (χ4v) is 5.56. The second-order valence-electron chi connectivity index (χ2n) is 9.52. The van der Waals surface area contributed by atoms with Crippen LogP contribution in [-0.2, 0) is 16.0 Å². The molecule has 0 fully saturated rings. The number of carbonyl (C=O) groups excluding carboxylic acids is 2. The second-order valence-corrected chi connectivity index (χ2v) is 9.52. The highest BCUT2D eigenvalue weighted by molar-refractivity contribution is 6.03. The van der Waals surface area contributed by atoms with Crippen LogP contribution in [0.2, 0.25) is 0 Å². The van der Waals surface area contributed by atoms with Gasteiger partial charge in [-0.3, -0.25) is 9.59 Å². The molecule has 1 atom stereocenters. The molecule has 2 aromatic rings. The summed E-state index contributed by atoms with van der Waals surface area (Å²) in [5.74, 6) is 0.168. The van der Waals surface area contributed by atoms with Crippen molar-refractivity contribution in [1.29, 1.82) is 0 Å². The number of nitrogens with zero attached hydrogens (tertiary/aromatic N) is 1. The predicted molar refractivity (Wildman–Crippen MR) is 135 cm³/mol. The van der Waals surface area contributed by atoms with Gasteiger partial charge in [0.1, 0.15) is 11.6 Å². The molecule has 4 heteroatoms.